The summed E-state index contributed by atoms with van der Waals surface area (Å²) in [5, 5.41) is 13.5. The number of aryl methyl sites for hydroxylation is 1. The van der Waals surface area contributed by atoms with Crippen LogP contribution in [0.4, 0.5) is 0 Å². The fourth-order valence-electron chi connectivity index (χ4n) is 2.98. The smallest absolute Gasteiger partial charge is 0.227 e. The molecule has 1 amide bonds. The van der Waals surface area contributed by atoms with Crippen LogP contribution in [0.1, 0.15) is 50.5 Å². The average molecular weight is 343 g/mol. The van der Waals surface area contributed by atoms with E-state index in [9.17, 15) is 9.90 Å². The summed E-state index contributed by atoms with van der Waals surface area (Å²) in [4.78, 5) is 18.4. The summed E-state index contributed by atoms with van der Waals surface area (Å²) in [6.07, 6.45) is 1.83. The number of nitrogens with zero attached hydrogens (tertiary/aromatic N) is 3. The van der Waals surface area contributed by atoms with Crippen LogP contribution < -0.4 is 0 Å². The minimum absolute atomic E-state index is 0.0768. The number of aromatic nitrogens is 2. The Labute approximate surface area is 147 Å². The van der Waals surface area contributed by atoms with Gasteiger partial charge in [0.1, 0.15) is 0 Å². The van der Waals surface area contributed by atoms with Crippen LogP contribution in [0, 0.1) is 0 Å². The first-order valence-corrected chi connectivity index (χ1v) is 8.91. The number of amides is 1. The molecule has 1 aromatic heterocycles. The van der Waals surface area contributed by atoms with Crippen molar-refractivity contribution in [2.24, 2.45) is 0 Å². The topological polar surface area (TPSA) is 79.5 Å². The number of likely N-dealkylation sites (tertiary alicyclic amines) is 1. The van der Waals surface area contributed by atoms with E-state index in [2.05, 4.69) is 36.1 Å². The quantitative estimate of drug-likeness (QED) is 0.903. The minimum Gasteiger partial charge on any atom is -0.393 e. The standard InChI is InChI=1S/C19H25N3O3/c1-13(2)14-3-5-15(6-4-14)19-20-17(25-21-19)7-8-18(24)22-11-9-16(23)10-12-22/h3-6,13,16,23H,7-12H2,1-2H3. The molecule has 0 radical (unpaired) electrons. The Morgan fingerprint density at radius 2 is 1.96 bits per heavy atom. The zero-order chi connectivity index (χ0) is 17.8. The highest BCUT2D eigenvalue weighted by Crippen LogP contribution is 2.21. The molecule has 0 saturated carbocycles. The van der Waals surface area contributed by atoms with Crippen LogP contribution in [-0.2, 0) is 11.2 Å². The van der Waals surface area contributed by atoms with Crippen LogP contribution in [0.25, 0.3) is 11.4 Å². The molecule has 0 atom stereocenters. The Balaban J connectivity index is 1.55. The third-order valence-corrected chi connectivity index (χ3v) is 4.67. The Morgan fingerprint density at radius 1 is 1.28 bits per heavy atom. The third kappa shape index (κ3) is 4.45. The van der Waals surface area contributed by atoms with Crippen molar-refractivity contribution in [2.45, 2.75) is 51.6 Å². The lowest BCUT2D eigenvalue weighted by molar-refractivity contribution is -0.133. The predicted molar refractivity (Wildman–Crippen MR) is 94.0 cm³/mol. The van der Waals surface area contributed by atoms with Gasteiger partial charge in [0, 0.05) is 31.5 Å². The molecule has 0 unspecified atom stereocenters. The van der Waals surface area contributed by atoms with E-state index in [1.165, 1.54) is 5.56 Å². The van der Waals surface area contributed by atoms with Crippen LogP contribution in [0.5, 0.6) is 0 Å². The maximum absolute atomic E-state index is 12.2. The number of carbonyl (C=O) groups is 1. The Kier molecular flexibility index (Phi) is 5.48. The van der Waals surface area contributed by atoms with Gasteiger partial charge in [0.25, 0.3) is 0 Å². The molecule has 2 heterocycles. The molecule has 6 heteroatoms. The van der Waals surface area contributed by atoms with Crippen molar-refractivity contribution in [3.63, 3.8) is 0 Å². The van der Waals surface area contributed by atoms with E-state index in [1.54, 1.807) is 4.90 Å². The van der Waals surface area contributed by atoms with E-state index in [0.29, 0.717) is 56.4 Å². The minimum atomic E-state index is -0.273. The van der Waals surface area contributed by atoms with Crippen molar-refractivity contribution in [1.29, 1.82) is 0 Å². The molecule has 6 nitrogen and oxygen atoms in total. The number of hydrogen-bond acceptors (Lipinski definition) is 5. The van der Waals surface area contributed by atoms with Crippen molar-refractivity contribution in [3.8, 4) is 11.4 Å². The average Bonchev–Trinajstić information content (AvgIpc) is 3.09. The summed E-state index contributed by atoms with van der Waals surface area (Å²) in [5.74, 6) is 1.59. The van der Waals surface area contributed by atoms with Crippen LogP contribution >= 0.6 is 0 Å². The van der Waals surface area contributed by atoms with Crippen molar-refractivity contribution in [2.75, 3.05) is 13.1 Å². The molecule has 25 heavy (non-hydrogen) atoms. The molecule has 0 bridgehead atoms. The van der Waals surface area contributed by atoms with Gasteiger partial charge in [-0.05, 0) is 24.3 Å². The largest absolute Gasteiger partial charge is 0.393 e. The molecule has 1 aromatic carbocycles. The molecule has 1 fully saturated rings. The number of aliphatic hydroxyl groups is 1. The van der Waals surface area contributed by atoms with Gasteiger partial charge in [-0.2, -0.15) is 4.98 Å². The zero-order valence-electron chi connectivity index (χ0n) is 14.8. The number of benzene rings is 1. The van der Waals surface area contributed by atoms with Gasteiger partial charge in [-0.1, -0.05) is 43.3 Å². The first-order valence-electron chi connectivity index (χ1n) is 8.91. The normalized spacial score (nSPS) is 15.8. The number of hydrogen-bond donors (Lipinski definition) is 1. The molecule has 2 aromatic rings. The van der Waals surface area contributed by atoms with Gasteiger partial charge >= 0.3 is 0 Å². The first kappa shape index (κ1) is 17.6. The molecule has 0 aliphatic carbocycles. The van der Waals surface area contributed by atoms with Gasteiger partial charge in [-0.3, -0.25) is 4.79 Å². The summed E-state index contributed by atoms with van der Waals surface area (Å²) in [5.41, 5.74) is 2.18. The lowest BCUT2D eigenvalue weighted by atomic mass is 10.0. The highest BCUT2D eigenvalue weighted by Gasteiger charge is 2.21. The van der Waals surface area contributed by atoms with Gasteiger partial charge in [0.05, 0.1) is 6.10 Å². The number of carbonyl (C=O) groups excluding carboxylic acids is 1. The van der Waals surface area contributed by atoms with Crippen LogP contribution in [0.3, 0.4) is 0 Å². The third-order valence-electron chi connectivity index (χ3n) is 4.67. The molecule has 134 valence electrons. The predicted octanol–water partition coefficient (Wildman–Crippen LogP) is 2.78. The van der Waals surface area contributed by atoms with Gasteiger partial charge < -0.3 is 14.5 Å². The molecule has 1 aliphatic rings. The molecule has 0 spiro atoms. The molecular formula is C19H25N3O3. The van der Waals surface area contributed by atoms with Crippen molar-refractivity contribution in [1.82, 2.24) is 15.0 Å². The summed E-state index contributed by atoms with van der Waals surface area (Å²) in [6.45, 7) is 5.55. The maximum Gasteiger partial charge on any atom is 0.227 e. The molecular weight excluding hydrogens is 318 g/mol. The van der Waals surface area contributed by atoms with E-state index >= 15 is 0 Å². The second kappa shape index (κ2) is 7.78. The van der Waals surface area contributed by atoms with Crippen LogP contribution in [0.15, 0.2) is 28.8 Å². The van der Waals surface area contributed by atoms with Crippen molar-refractivity contribution in [3.05, 3.63) is 35.7 Å². The van der Waals surface area contributed by atoms with Crippen LogP contribution in [-0.4, -0.2) is 45.2 Å². The van der Waals surface area contributed by atoms with Crippen molar-refractivity contribution >= 4 is 5.91 Å². The van der Waals surface area contributed by atoms with Crippen molar-refractivity contribution < 1.29 is 14.4 Å². The van der Waals surface area contributed by atoms with E-state index in [4.69, 9.17) is 4.52 Å². The lowest BCUT2D eigenvalue weighted by Gasteiger charge is -2.29. The monoisotopic (exact) mass is 343 g/mol. The second-order valence-corrected chi connectivity index (χ2v) is 6.90. The second-order valence-electron chi connectivity index (χ2n) is 6.90. The highest BCUT2D eigenvalue weighted by molar-refractivity contribution is 5.76. The lowest BCUT2D eigenvalue weighted by Crippen LogP contribution is -2.40. The maximum atomic E-state index is 12.2. The fraction of sp³-hybridized carbons (Fsp3) is 0.526. The number of aliphatic hydroxyl groups excluding tert-OH is 1. The molecule has 1 aliphatic heterocycles. The number of piperidine rings is 1. The van der Waals surface area contributed by atoms with E-state index in [1.807, 2.05) is 12.1 Å². The molecule has 1 saturated heterocycles. The van der Waals surface area contributed by atoms with Gasteiger partial charge in [0.2, 0.25) is 17.6 Å². The summed E-state index contributed by atoms with van der Waals surface area (Å²) < 4.78 is 5.28. The molecule has 1 N–H and O–H groups in total. The van der Waals surface area contributed by atoms with E-state index in [0.717, 1.165) is 5.56 Å². The van der Waals surface area contributed by atoms with E-state index < -0.39 is 0 Å². The van der Waals surface area contributed by atoms with E-state index in [-0.39, 0.29) is 12.0 Å². The molecule has 3 rings (SSSR count). The van der Waals surface area contributed by atoms with Gasteiger partial charge in [0.15, 0.2) is 0 Å². The summed E-state index contributed by atoms with van der Waals surface area (Å²) >= 11 is 0. The SMILES string of the molecule is CC(C)c1ccc(-c2noc(CCC(=O)N3CCC(O)CC3)n2)cc1. The Hall–Kier alpha value is -2.21. The Morgan fingerprint density at radius 3 is 2.60 bits per heavy atom. The van der Waals surface area contributed by atoms with Gasteiger partial charge in [-0.25, -0.2) is 0 Å². The first-order chi connectivity index (χ1) is 12.0. The number of rotatable bonds is 5. The zero-order valence-corrected chi connectivity index (χ0v) is 14.8. The van der Waals surface area contributed by atoms with Crippen LogP contribution in [0.2, 0.25) is 0 Å². The highest BCUT2D eigenvalue weighted by atomic mass is 16.5. The fourth-order valence-corrected chi connectivity index (χ4v) is 2.98. The summed E-state index contributed by atoms with van der Waals surface area (Å²) in [7, 11) is 0. The Bertz CT molecular complexity index is 701. The summed E-state index contributed by atoms with van der Waals surface area (Å²) in [6, 6.07) is 8.14. The van der Waals surface area contributed by atoms with Gasteiger partial charge in [-0.15, -0.1) is 0 Å².